The highest BCUT2D eigenvalue weighted by atomic mass is 16.3. The highest BCUT2D eigenvalue weighted by Crippen LogP contribution is 2.18. The van der Waals surface area contributed by atoms with Crippen molar-refractivity contribution < 1.29 is 14.3 Å². The first kappa shape index (κ1) is 10.7. The minimum atomic E-state index is -0.562. The summed E-state index contributed by atoms with van der Waals surface area (Å²) in [5.41, 5.74) is 0.685. The van der Waals surface area contributed by atoms with Crippen LogP contribution in [0, 0.1) is 0 Å². The van der Waals surface area contributed by atoms with Crippen molar-refractivity contribution in [3.8, 4) is 0 Å². The van der Waals surface area contributed by atoms with Gasteiger partial charge in [-0.3, -0.25) is 4.79 Å². The summed E-state index contributed by atoms with van der Waals surface area (Å²) >= 11 is 0. The van der Waals surface area contributed by atoms with Crippen molar-refractivity contribution >= 4 is 16.9 Å². The second kappa shape index (κ2) is 4.37. The number of benzene rings is 1. The molecule has 4 heteroatoms. The topological polar surface area (TPSA) is 62.5 Å². The lowest BCUT2D eigenvalue weighted by molar-refractivity contribution is 0.0899. The zero-order valence-electron chi connectivity index (χ0n) is 8.93. The smallest absolute Gasteiger partial charge is 0.287 e. The molecule has 16 heavy (non-hydrogen) atoms. The summed E-state index contributed by atoms with van der Waals surface area (Å²) in [6.07, 6.45) is -0.562. The fourth-order valence-electron chi connectivity index (χ4n) is 1.42. The molecule has 2 rings (SSSR count). The van der Waals surface area contributed by atoms with Crippen LogP contribution in [-0.4, -0.2) is 23.7 Å². The molecular formula is C12H13NO3. The van der Waals surface area contributed by atoms with Crippen molar-refractivity contribution in [2.24, 2.45) is 0 Å². The number of furan rings is 1. The van der Waals surface area contributed by atoms with Gasteiger partial charge in [-0.15, -0.1) is 0 Å². The van der Waals surface area contributed by atoms with Crippen molar-refractivity contribution in [1.29, 1.82) is 0 Å². The Balaban J connectivity index is 2.17. The number of aliphatic hydroxyl groups excluding tert-OH is 1. The number of hydrogen-bond acceptors (Lipinski definition) is 3. The lowest BCUT2D eigenvalue weighted by Crippen LogP contribution is -2.30. The minimum Gasteiger partial charge on any atom is -0.451 e. The average Bonchev–Trinajstić information content (AvgIpc) is 2.69. The van der Waals surface area contributed by atoms with Gasteiger partial charge < -0.3 is 14.8 Å². The Hall–Kier alpha value is -1.81. The third-order valence-corrected chi connectivity index (χ3v) is 2.21. The monoisotopic (exact) mass is 219 g/mol. The first-order chi connectivity index (χ1) is 7.66. The van der Waals surface area contributed by atoms with Crippen LogP contribution < -0.4 is 5.32 Å². The number of hydrogen-bond donors (Lipinski definition) is 2. The SMILES string of the molecule is C[C@@H](O)CNC(=O)c1cc2ccccc2o1. The molecule has 0 saturated carbocycles. The quantitative estimate of drug-likeness (QED) is 0.823. The first-order valence-electron chi connectivity index (χ1n) is 5.11. The Morgan fingerprint density at radius 3 is 2.94 bits per heavy atom. The van der Waals surface area contributed by atoms with Crippen LogP contribution in [0.3, 0.4) is 0 Å². The van der Waals surface area contributed by atoms with Crippen LogP contribution in [0.25, 0.3) is 11.0 Å². The van der Waals surface area contributed by atoms with Gasteiger partial charge in [-0.05, 0) is 19.1 Å². The van der Waals surface area contributed by atoms with E-state index in [-0.39, 0.29) is 18.2 Å². The number of fused-ring (bicyclic) bond motifs is 1. The zero-order chi connectivity index (χ0) is 11.5. The molecule has 0 aliphatic carbocycles. The minimum absolute atomic E-state index is 0.218. The Morgan fingerprint density at radius 2 is 2.25 bits per heavy atom. The second-order valence-corrected chi connectivity index (χ2v) is 3.71. The number of carbonyl (C=O) groups is 1. The molecule has 1 aromatic carbocycles. The molecular weight excluding hydrogens is 206 g/mol. The van der Waals surface area contributed by atoms with Crippen molar-refractivity contribution in [3.63, 3.8) is 0 Å². The molecule has 0 aliphatic rings. The Bertz CT molecular complexity index is 469. The molecule has 0 radical (unpaired) electrons. The van der Waals surface area contributed by atoms with Crippen LogP contribution in [0.15, 0.2) is 34.7 Å². The van der Waals surface area contributed by atoms with Crippen molar-refractivity contribution in [1.82, 2.24) is 5.32 Å². The summed E-state index contributed by atoms with van der Waals surface area (Å²) in [7, 11) is 0. The van der Waals surface area contributed by atoms with E-state index in [0.717, 1.165) is 5.39 Å². The molecule has 0 aliphatic heterocycles. The second-order valence-electron chi connectivity index (χ2n) is 3.71. The van der Waals surface area contributed by atoms with Crippen LogP contribution in [0.5, 0.6) is 0 Å². The number of carbonyl (C=O) groups excluding carboxylic acids is 1. The molecule has 0 saturated heterocycles. The van der Waals surface area contributed by atoms with E-state index in [4.69, 9.17) is 9.52 Å². The van der Waals surface area contributed by atoms with Crippen LogP contribution in [-0.2, 0) is 0 Å². The first-order valence-corrected chi connectivity index (χ1v) is 5.11. The van der Waals surface area contributed by atoms with E-state index in [0.29, 0.717) is 5.58 Å². The highest BCUT2D eigenvalue weighted by molar-refractivity contribution is 5.96. The van der Waals surface area contributed by atoms with Crippen molar-refractivity contribution in [3.05, 3.63) is 36.1 Å². The number of rotatable bonds is 3. The van der Waals surface area contributed by atoms with Gasteiger partial charge in [0.15, 0.2) is 5.76 Å². The van der Waals surface area contributed by atoms with Gasteiger partial charge in [0.1, 0.15) is 5.58 Å². The summed E-state index contributed by atoms with van der Waals surface area (Å²) in [6, 6.07) is 9.11. The molecule has 2 aromatic rings. The molecule has 0 unspecified atom stereocenters. The molecule has 84 valence electrons. The highest BCUT2D eigenvalue weighted by Gasteiger charge is 2.11. The average molecular weight is 219 g/mol. The van der Waals surface area contributed by atoms with Gasteiger partial charge >= 0.3 is 0 Å². The summed E-state index contributed by atoms with van der Waals surface area (Å²) in [5, 5.41) is 12.5. The van der Waals surface area contributed by atoms with Crippen LogP contribution in [0.4, 0.5) is 0 Å². The Morgan fingerprint density at radius 1 is 1.50 bits per heavy atom. The molecule has 0 fully saturated rings. The van der Waals surface area contributed by atoms with E-state index in [2.05, 4.69) is 5.32 Å². The Kier molecular flexibility index (Phi) is 2.92. The molecule has 1 amide bonds. The van der Waals surface area contributed by atoms with Gasteiger partial charge in [0.05, 0.1) is 6.10 Å². The fraction of sp³-hybridized carbons (Fsp3) is 0.250. The third-order valence-electron chi connectivity index (χ3n) is 2.21. The normalized spacial score (nSPS) is 12.6. The summed E-state index contributed by atoms with van der Waals surface area (Å²) in [4.78, 5) is 11.6. The summed E-state index contributed by atoms with van der Waals surface area (Å²) < 4.78 is 5.37. The van der Waals surface area contributed by atoms with Crippen molar-refractivity contribution in [2.45, 2.75) is 13.0 Å². The largest absolute Gasteiger partial charge is 0.451 e. The maximum atomic E-state index is 11.6. The number of aliphatic hydroxyl groups is 1. The number of amides is 1. The maximum absolute atomic E-state index is 11.6. The Labute approximate surface area is 92.9 Å². The standard InChI is InChI=1S/C12H13NO3/c1-8(14)7-13-12(15)11-6-9-4-2-3-5-10(9)16-11/h2-6,8,14H,7H2,1H3,(H,13,15)/t8-/m1/s1. The van der Waals surface area contributed by atoms with Gasteiger partial charge in [-0.1, -0.05) is 18.2 Å². The van der Waals surface area contributed by atoms with Crippen molar-refractivity contribution in [2.75, 3.05) is 6.54 Å². The third kappa shape index (κ3) is 2.23. The lowest BCUT2D eigenvalue weighted by atomic mass is 10.2. The van der Waals surface area contributed by atoms with E-state index in [1.165, 1.54) is 0 Å². The molecule has 1 heterocycles. The molecule has 1 aromatic heterocycles. The molecule has 0 bridgehead atoms. The molecule has 1 atom stereocenters. The van der Waals surface area contributed by atoms with Gasteiger partial charge in [0.2, 0.25) is 0 Å². The predicted octanol–water partition coefficient (Wildman–Crippen LogP) is 1.54. The lowest BCUT2D eigenvalue weighted by Gasteiger charge is -2.04. The van der Waals surface area contributed by atoms with E-state index >= 15 is 0 Å². The number of nitrogens with one attached hydrogen (secondary N) is 1. The van der Waals surface area contributed by atoms with Crippen LogP contribution in [0.2, 0.25) is 0 Å². The summed E-state index contributed by atoms with van der Waals surface area (Å²) in [5.74, 6) is -0.0426. The van der Waals surface area contributed by atoms with E-state index in [1.54, 1.807) is 19.1 Å². The van der Waals surface area contributed by atoms with Crippen LogP contribution in [0.1, 0.15) is 17.5 Å². The maximum Gasteiger partial charge on any atom is 0.287 e. The van der Waals surface area contributed by atoms with Crippen LogP contribution >= 0.6 is 0 Å². The van der Waals surface area contributed by atoms with Gasteiger partial charge in [0, 0.05) is 11.9 Å². The fourth-order valence-corrected chi connectivity index (χ4v) is 1.42. The van der Waals surface area contributed by atoms with Gasteiger partial charge in [-0.2, -0.15) is 0 Å². The van der Waals surface area contributed by atoms with Gasteiger partial charge in [0.25, 0.3) is 5.91 Å². The number of para-hydroxylation sites is 1. The molecule has 0 spiro atoms. The van der Waals surface area contributed by atoms with Gasteiger partial charge in [-0.25, -0.2) is 0 Å². The molecule has 2 N–H and O–H groups in total. The van der Waals surface area contributed by atoms with E-state index in [1.807, 2.05) is 18.2 Å². The predicted molar refractivity (Wildman–Crippen MR) is 60.2 cm³/mol. The van der Waals surface area contributed by atoms with E-state index in [9.17, 15) is 4.79 Å². The van der Waals surface area contributed by atoms with E-state index < -0.39 is 6.10 Å². The summed E-state index contributed by atoms with van der Waals surface area (Å²) in [6.45, 7) is 1.83. The molecule has 4 nitrogen and oxygen atoms in total. The zero-order valence-corrected chi connectivity index (χ0v) is 8.93.